The van der Waals surface area contributed by atoms with Gasteiger partial charge in [-0.15, -0.1) is 0 Å². The van der Waals surface area contributed by atoms with Gasteiger partial charge < -0.3 is 33.4 Å². The van der Waals surface area contributed by atoms with Crippen molar-refractivity contribution in [2.75, 3.05) is 18.6 Å². The summed E-state index contributed by atoms with van der Waals surface area (Å²) in [5, 5.41) is 11.9. The number of aliphatic hydroxyl groups excluding tert-OH is 1. The maximum Gasteiger partial charge on any atom is 0.514 e. The number of nitrogens with zero attached hydrogens (tertiary/aromatic N) is 2. The first-order valence-electron chi connectivity index (χ1n) is 16.7. The molecule has 2 atom stereocenters. The van der Waals surface area contributed by atoms with E-state index < -0.39 is 44.3 Å². The predicted octanol–water partition coefficient (Wildman–Crippen LogP) is 8.28. The van der Waals surface area contributed by atoms with Crippen molar-refractivity contribution in [2.24, 2.45) is 0 Å². The smallest absolute Gasteiger partial charge is 0.514 e. The van der Waals surface area contributed by atoms with Crippen LogP contribution in [0.15, 0.2) is 55.3 Å². The van der Waals surface area contributed by atoms with Crippen LogP contribution >= 0.6 is 0 Å². The van der Waals surface area contributed by atoms with E-state index in [-0.39, 0.29) is 46.7 Å². The topological polar surface area (TPSA) is 124 Å². The van der Waals surface area contributed by atoms with Gasteiger partial charge in [0, 0.05) is 12.3 Å². The zero-order valence-electron chi connectivity index (χ0n) is 30.2. The van der Waals surface area contributed by atoms with E-state index in [1.165, 1.54) is 18.1 Å². The number of carbonyl (C=O) groups is 3. The second kappa shape index (κ2) is 14.7. The average Bonchev–Trinajstić information content (AvgIpc) is 3.44. The Labute approximate surface area is 290 Å². The molecule has 0 saturated heterocycles. The lowest BCUT2D eigenvalue weighted by atomic mass is 10.0. The van der Waals surface area contributed by atoms with E-state index in [0.29, 0.717) is 11.5 Å². The first-order chi connectivity index (χ1) is 22.9. The lowest BCUT2D eigenvalue weighted by Crippen LogP contribution is -2.51. The van der Waals surface area contributed by atoms with Crippen LogP contribution < -0.4 is 18.8 Å². The SMILES string of the molecule is C=CCOC(=O)N1c2cc(O[Si](C(C)C)(C(C)C)C(C)C)c(OC)cc2C(=O)N2C=C(c3ccc(OC(=O)OC(C)(C)C)cc3)C[C@H]2C1O. The van der Waals surface area contributed by atoms with Gasteiger partial charge in [0.1, 0.15) is 23.7 Å². The van der Waals surface area contributed by atoms with Gasteiger partial charge in [-0.3, -0.25) is 4.79 Å². The number of amides is 2. The van der Waals surface area contributed by atoms with E-state index in [4.69, 9.17) is 23.4 Å². The highest BCUT2D eigenvalue weighted by molar-refractivity contribution is 6.78. The summed E-state index contributed by atoms with van der Waals surface area (Å²) < 4.78 is 28.7. The number of rotatable bonds is 10. The molecule has 2 aromatic carbocycles. The molecule has 2 heterocycles. The number of anilines is 1. The van der Waals surface area contributed by atoms with Crippen LogP contribution in [0, 0.1) is 0 Å². The molecule has 0 spiro atoms. The fourth-order valence-corrected chi connectivity index (χ4v) is 12.2. The van der Waals surface area contributed by atoms with Gasteiger partial charge in [0.15, 0.2) is 12.0 Å². The van der Waals surface area contributed by atoms with Crippen LogP contribution in [-0.4, -0.2) is 68.1 Å². The first kappa shape index (κ1) is 37.5. The van der Waals surface area contributed by atoms with E-state index in [9.17, 15) is 19.5 Å². The van der Waals surface area contributed by atoms with Crippen LogP contribution in [0.2, 0.25) is 16.6 Å². The Morgan fingerprint density at radius 3 is 2.16 bits per heavy atom. The molecular weight excluding hydrogens is 644 g/mol. The van der Waals surface area contributed by atoms with Gasteiger partial charge in [0.25, 0.3) is 14.2 Å². The molecule has 4 rings (SSSR count). The molecule has 0 radical (unpaired) electrons. The molecule has 11 nitrogen and oxygen atoms in total. The van der Waals surface area contributed by atoms with Crippen molar-refractivity contribution in [1.82, 2.24) is 4.90 Å². The lowest BCUT2D eigenvalue weighted by Gasteiger charge is -2.42. The maximum absolute atomic E-state index is 14.3. The predicted molar refractivity (Wildman–Crippen MR) is 191 cm³/mol. The number of methoxy groups -OCH3 is 1. The largest absolute Gasteiger partial charge is 0.540 e. The van der Waals surface area contributed by atoms with Crippen molar-refractivity contribution in [3.05, 3.63) is 66.4 Å². The van der Waals surface area contributed by atoms with E-state index in [0.717, 1.165) is 16.0 Å². The lowest BCUT2D eigenvalue weighted by molar-refractivity contribution is 0.0206. The summed E-state index contributed by atoms with van der Waals surface area (Å²) in [7, 11) is -0.991. The first-order valence-corrected chi connectivity index (χ1v) is 18.8. The molecule has 1 unspecified atom stereocenters. The Morgan fingerprint density at radius 1 is 1.02 bits per heavy atom. The molecule has 0 aliphatic carbocycles. The van der Waals surface area contributed by atoms with Crippen LogP contribution in [0.3, 0.4) is 0 Å². The van der Waals surface area contributed by atoms with E-state index in [1.807, 2.05) is 0 Å². The third-order valence-electron chi connectivity index (χ3n) is 9.03. The zero-order chi connectivity index (χ0) is 36.4. The highest BCUT2D eigenvalue weighted by Crippen LogP contribution is 2.48. The fraction of sp³-hybridized carbons (Fsp3) is 0.486. The number of benzene rings is 2. The van der Waals surface area contributed by atoms with Crippen molar-refractivity contribution in [2.45, 2.75) is 103 Å². The van der Waals surface area contributed by atoms with Crippen molar-refractivity contribution >= 4 is 37.7 Å². The highest BCUT2D eigenvalue weighted by Gasteiger charge is 2.49. The Balaban J connectivity index is 1.77. The standard InChI is InChI=1S/C37H50N2O9Si/c1-12-17-45-35(42)39-29-20-32(48-49(22(2)3,23(4)5)24(6)7)31(44-11)19-28(29)33(40)38-21-26(18-30(38)34(39)41)25-13-15-27(16-14-25)46-36(43)47-37(8,9)10/h12-16,19-24,30,34,41H,1,17-18H2,2-11H3/t30-,34?/m0/s1. The zero-order valence-corrected chi connectivity index (χ0v) is 31.2. The van der Waals surface area contributed by atoms with E-state index in [2.05, 4.69) is 48.1 Å². The minimum atomic E-state index is -2.50. The molecule has 0 fully saturated rings. The number of carbonyl (C=O) groups excluding carboxylic acids is 3. The summed E-state index contributed by atoms with van der Waals surface area (Å²) in [6.45, 7) is 21.8. The molecule has 0 saturated carbocycles. The number of aliphatic hydroxyl groups is 1. The molecule has 0 bridgehead atoms. The Morgan fingerprint density at radius 2 is 1.63 bits per heavy atom. The van der Waals surface area contributed by atoms with Gasteiger partial charge in [0.05, 0.1) is 24.4 Å². The van der Waals surface area contributed by atoms with Crippen molar-refractivity contribution < 1.29 is 42.9 Å². The molecule has 266 valence electrons. The Kier molecular flexibility index (Phi) is 11.2. The summed E-state index contributed by atoms with van der Waals surface area (Å²) in [4.78, 5) is 42.7. The minimum Gasteiger partial charge on any atom is -0.540 e. The second-order valence-electron chi connectivity index (χ2n) is 14.3. The molecule has 2 amide bonds. The third kappa shape index (κ3) is 7.65. The summed E-state index contributed by atoms with van der Waals surface area (Å²) in [6.07, 6.45) is 0.198. The highest BCUT2D eigenvalue weighted by atomic mass is 28.4. The summed E-state index contributed by atoms with van der Waals surface area (Å²) >= 11 is 0. The van der Waals surface area contributed by atoms with Gasteiger partial charge in [-0.2, -0.15) is 0 Å². The van der Waals surface area contributed by atoms with Crippen molar-refractivity contribution in [3.63, 3.8) is 0 Å². The monoisotopic (exact) mass is 694 g/mol. The fourth-order valence-electron chi connectivity index (χ4n) is 6.96. The van der Waals surface area contributed by atoms with E-state index >= 15 is 0 Å². The van der Waals surface area contributed by atoms with Crippen LogP contribution in [0.25, 0.3) is 5.57 Å². The summed E-state index contributed by atoms with van der Waals surface area (Å²) in [5.74, 6) is 0.611. The Hall–Kier alpha value is -4.29. The number of hydrogen-bond donors (Lipinski definition) is 1. The molecule has 1 N–H and O–H groups in total. The van der Waals surface area contributed by atoms with Crippen molar-refractivity contribution in [1.29, 1.82) is 0 Å². The van der Waals surface area contributed by atoms with Crippen LogP contribution in [-0.2, 0) is 9.47 Å². The summed E-state index contributed by atoms with van der Waals surface area (Å²) in [5.41, 5.74) is 1.80. The average molecular weight is 695 g/mol. The quantitative estimate of drug-likeness (QED) is 0.113. The molecule has 12 heteroatoms. The normalized spacial score (nSPS) is 17.8. The number of hydrogen-bond acceptors (Lipinski definition) is 9. The minimum absolute atomic E-state index is 0.0927. The van der Waals surface area contributed by atoms with Crippen LogP contribution in [0.5, 0.6) is 17.2 Å². The maximum atomic E-state index is 14.3. The molecule has 2 aromatic rings. The van der Waals surface area contributed by atoms with Gasteiger partial charge in [-0.05, 0) is 73.2 Å². The number of ether oxygens (including phenoxy) is 4. The molecule has 2 aliphatic rings. The molecule has 2 aliphatic heterocycles. The molecular formula is C37H50N2O9Si. The third-order valence-corrected chi connectivity index (χ3v) is 15.0. The van der Waals surface area contributed by atoms with Crippen molar-refractivity contribution in [3.8, 4) is 17.2 Å². The molecule has 49 heavy (non-hydrogen) atoms. The Bertz CT molecular complexity index is 1570. The van der Waals surface area contributed by atoms with Gasteiger partial charge in [-0.1, -0.05) is 66.3 Å². The van der Waals surface area contributed by atoms with Crippen LogP contribution in [0.1, 0.15) is 84.7 Å². The number of fused-ring (bicyclic) bond motifs is 2. The summed E-state index contributed by atoms with van der Waals surface area (Å²) in [6, 6.07) is 9.10. The van der Waals surface area contributed by atoms with Gasteiger partial charge >= 0.3 is 12.2 Å². The second-order valence-corrected chi connectivity index (χ2v) is 19.7. The van der Waals surface area contributed by atoms with E-state index in [1.54, 1.807) is 63.4 Å². The van der Waals surface area contributed by atoms with Gasteiger partial charge in [0.2, 0.25) is 0 Å². The molecule has 0 aromatic heterocycles. The van der Waals surface area contributed by atoms with Gasteiger partial charge in [-0.25, -0.2) is 14.5 Å². The van der Waals surface area contributed by atoms with Crippen LogP contribution in [0.4, 0.5) is 15.3 Å².